The number of benzene rings is 1. The Morgan fingerprint density at radius 2 is 2.10 bits per heavy atom. The van der Waals surface area contributed by atoms with E-state index in [9.17, 15) is 4.39 Å². The maximum atomic E-state index is 14.0. The molecule has 0 radical (unpaired) electrons. The number of hydrogen-bond donors (Lipinski definition) is 1. The van der Waals surface area contributed by atoms with Crippen molar-refractivity contribution in [1.82, 2.24) is 10.3 Å². The molecule has 1 atom stereocenters. The van der Waals surface area contributed by atoms with Crippen LogP contribution in [0.1, 0.15) is 24.2 Å². The Morgan fingerprint density at radius 1 is 1.33 bits per heavy atom. The highest BCUT2D eigenvalue weighted by molar-refractivity contribution is 9.10. The van der Waals surface area contributed by atoms with Gasteiger partial charge < -0.3 is 5.32 Å². The second-order valence-corrected chi connectivity index (χ2v) is 6.33. The topological polar surface area (TPSA) is 24.9 Å². The van der Waals surface area contributed by atoms with E-state index in [1.165, 1.54) is 6.07 Å². The average molecular weight is 392 g/mol. The van der Waals surface area contributed by atoms with Crippen LogP contribution in [0.4, 0.5) is 4.39 Å². The van der Waals surface area contributed by atoms with E-state index in [2.05, 4.69) is 26.2 Å². The Labute approximate surface area is 141 Å². The van der Waals surface area contributed by atoms with Gasteiger partial charge in [0.2, 0.25) is 0 Å². The summed E-state index contributed by atoms with van der Waals surface area (Å²) in [6.07, 6.45) is 2.01. The summed E-state index contributed by atoms with van der Waals surface area (Å²) in [5.74, 6) is -0.252. The lowest BCUT2D eigenvalue weighted by molar-refractivity contribution is 0.518. The molecule has 0 bridgehead atoms. The number of likely N-dealkylation sites (N-methyl/N-ethyl adjacent to an activating group) is 1. The van der Waals surface area contributed by atoms with Crippen molar-refractivity contribution in [2.24, 2.45) is 0 Å². The summed E-state index contributed by atoms with van der Waals surface area (Å²) >= 11 is 15.3. The van der Waals surface area contributed by atoms with Gasteiger partial charge in [-0.3, -0.25) is 4.98 Å². The highest BCUT2D eigenvalue weighted by atomic mass is 79.9. The van der Waals surface area contributed by atoms with E-state index in [1.54, 1.807) is 18.3 Å². The maximum Gasteiger partial charge on any atom is 0.127 e. The molecule has 0 aliphatic rings. The standard InChI is InChI=1S/C15H14BrCl2FN2/c1-2-20-14(15-12(18)7-11(17)8-21-15)5-9-3-4-10(16)6-13(9)19/h3-4,6-8,14,20H,2,5H2,1H3. The van der Waals surface area contributed by atoms with Crippen molar-refractivity contribution in [2.75, 3.05) is 6.54 Å². The van der Waals surface area contributed by atoms with E-state index in [0.717, 1.165) is 6.54 Å². The number of aromatic nitrogens is 1. The average Bonchev–Trinajstić information content (AvgIpc) is 2.41. The van der Waals surface area contributed by atoms with E-state index in [0.29, 0.717) is 32.2 Å². The van der Waals surface area contributed by atoms with Crippen LogP contribution in [0.3, 0.4) is 0 Å². The van der Waals surface area contributed by atoms with Gasteiger partial charge in [-0.2, -0.15) is 0 Å². The Kier molecular flexibility index (Phi) is 5.99. The molecule has 0 saturated heterocycles. The molecule has 0 amide bonds. The Hall–Kier alpha value is -0.680. The van der Waals surface area contributed by atoms with Crippen molar-refractivity contribution in [3.8, 4) is 0 Å². The van der Waals surface area contributed by atoms with Crippen molar-refractivity contribution < 1.29 is 4.39 Å². The smallest absolute Gasteiger partial charge is 0.127 e. The quantitative estimate of drug-likeness (QED) is 0.759. The molecule has 6 heteroatoms. The predicted molar refractivity (Wildman–Crippen MR) is 88.5 cm³/mol. The highest BCUT2D eigenvalue weighted by Crippen LogP contribution is 2.27. The van der Waals surface area contributed by atoms with Gasteiger partial charge in [0.05, 0.1) is 21.8 Å². The molecule has 0 saturated carbocycles. The van der Waals surface area contributed by atoms with Crippen molar-refractivity contribution in [3.63, 3.8) is 0 Å². The Bertz CT molecular complexity index is 637. The summed E-state index contributed by atoms with van der Waals surface area (Å²) in [7, 11) is 0. The molecule has 1 N–H and O–H groups in total. The second kappa shape index (κ2) is 7.54. The zero-order chi connectivity index (χ0) is 15.4. The molecule has 1 aromatic heterocycles. The lowest BCUT2D eigenvalue weighted by Crippen LogP contribution is -2.24. The minimum absolute atomic E-state index is 0.171. The molecule has 21 heavy (non-hydrogen) atoms. The molecule has 0 aliphatic carbocycles. The molecule has 2 aromatic rings. The van der Waals surface area contributed by atoms with Gasteiger partial charge in [-0.15, -0.1) is 0 Å². The van der Waals surface area contributed by atoms with Gasteiger partial charge in [0.1, 0.15) is 5.82 Å². The Balaban J connectivity index is 2.30. The van der Waals surface area contributed by atoms with E-state index in [-0.39, 0.29) is 11.9 Å². The van der Waals surface area contributed by atoms with Crippen molar-refractivity contribution >= 4 is 39.1 Å². The minimum Gasteiger partial charge on any atom is -0.309 e. The fourth-order valence-corrected chi connectivity index (χ4v) is 2.95. The fourth-order valence-electron chi connectivity index (χ4n) is 2.10. The molecule has 1 heterocycles. The van der Waals surface area contributed by atoms with Crippen LogP contribution >= 0.6 is 39.1 Å². The van der Waals surface area contributed by atoms with Crippen molar-refractivity contribution in [3.05, 3.63) is 62.1 Å². The van der Waals surface area contributed by atoms with E-state index >= 15 is 0 Å². The van der Waals surface area contributed by atoms with Crippen LogP contribution in [-0.2, 0) is 6.42 Å². The van der Waals surface area contributed by atoms with Gasteiger partial charge >= 0.3 is 0 Å². The fraction of sp³-hybridized carbons (Fsp3) is 0.267. The minimum atomic E-state index is -0.252. The van der Waals surface area contributed by atoms with E-state index in [1.807, 2.05) is 13.0 Å². The number of hydrogen-bond acceptors (Lipinski definition) is 2. The SMILES string of the molecule is CCNC(Cc1ccc(Br)cc1F)c1ncc(Cl)cc1Cl. The highest BCUT2D eigenvalue weighted by Gasteiger charge is 2.18. The van der Waals surface area contributed by atoms with E-state index < -0.39 is 0 Å². The molecule has 1 unspecified atom stereocenters. The molecule has 112 valence electrons. The first-order valence-electron chi connectivity index (χ1n) is 6.49. The second-order valence-electron chi connectivity index (χ2n) is 4.57. The molecule has 2 nitrogen and oxygen atoms in total. The maximum absolute atomic E-state index is 14.0. The predicted octanol–water partition coefficient (Wildman–Crippen LogP) is 5.18. The van der Waals surface area contributed by atoms with Crippen LogP contribution in [-0.4, -0.2) is 11.5 Å². The number of nitrogens with one attached hydrogen (secondary N) is 1. The summed E-state index contributed by atoms with van der Waals surface area (Å²) in [4.78, 5) is 4.28. The monoisotopic (exact) mass is 390 g/mol. The first-order chi connectivity index (χ1) is 10.0. The summed E-state index contributed by atoms with van der Waals surface area (Å²) in [6.45, 7) is 2.71. The molecule has 2 rings (SSSR count). The lowest BCUT2D eigenvalue weighted by atomic mass is 10.0. The van der Waals surface area contributed by atoms with Crippen LogP contribution in [0.5, 0.6) is 0 Å². The summed E-state index contributed by atoms with van der Waals surface area (Å²) in [5, 5.41) is 4.24. The van der Waals surface area contributed by atoms with Gasteiger partial charge in [-0.1, -0.05) is 52.1 Å². The van der Waals surface area contributed by atoms with E-state index in [4.69, 9.17) is 23.2 Å². The first kappa shape index (κ1) is 16.7. The van der Waals surface area contributed by atoms with Crippen LogP contribution in [0.15, 0.2) is 34.9 Å². The van der Waals surface area contributed by atoms with Crippen molar-refractivity contribution in [1.29, 1.82) is 0 Å². The zero-order valence-corrected chi connectivity index (χ0v) is 14.4. The summed E-state index contributed by atoms with van der Waals surface area (Å²) < 4.78 is 14.7. The largest absolute Gasteiger partial charge is 0.309 e. The lowest BCUT2D eigenvalue weighted by Gasteiger charge is -2.19. The van der Waals surface area contributed by atoms with Gasteiger partial charge in [-0.05, 0) is 36.7 Å². The van der Waals surface area contributed by atoms with Crippen LogP contribution in [0, 0.1) is 5.82 Å². The summed E-state index contributed by atoms with van der Waals surface area (Å²) in [5.41, 5.74) is 1.28. The molecule has 0 aliphatic heterocycles. The zero-order valence-electron chi connectivity index (χ0n) is 11.3. The third kappa shape index (κ3) is 4.39. The molecule has 0 spiro atoms. The third-order valence-electron chi connectivity index (χ3n) is 3.06. The van der Waals surface area contributed by atoms with Gasteiger partial charge in [0, 0.05) is 10.7 Å². The number of rotatable bonds is 5. The summed E-state index contributed by atoms with van der Waals surface area (Å²) in [6, 6.07) is 6.50. The van der Waals surface area contributed by atoms with Crippen LogP contribution < -0.4 is 5.32 Å². The molecule has 1 aromatic carbocycles. The van der Waals surface area contributed by atoms with Crippen LogP contribution in [0.2, 0.25) is 10.0 Å². The van der Waals surface area contributed by atoms with Gasteiger partial charge in [-0.25, -0.2) is 4.39 Å². The molecular formula is C15H14BrCl2FN2. The number of halogens is 4. The van der Waals surface area contributed by atoms with Crippen molar-refractivity contribution in [2.45, 2.75) is 19.4 Å². The Morgan fingerprint density at radius 3 is 2.71 bits per heavy atom. The third-order valence-corrected chi connectivity index (χ3v) is 4.06. The van der Waals surface area contributed by atoms with Gasteiger partial charge in [0.15, 0.2) is 0 Å². The first-order valence-corrected chi connectivity index (χ1v) is 8.04. The molecule has 0 fully saturated rings. The number of pyridine rings is 1. The normalized spacial score (nSPS) is 12.4. The van der Waals surface area contributed by atoms with Gasteiger partial charge in [0.25, 0.3) is 0 Å². The molecular weight excluding hydrogens is 378 g/mol. The van der Waals surface area contributed by atoms with Crippen LogP contribution in [0.25, 0.3) is 0 Å². The number of nitrogens with zero attached hydrogens (tertiary/aromatic N) is 1.